The Morgan fingerprint density at radius 1 is 1.30 bits per heavy atom. The van der Waals surface area contributed by atoms with E-state index in [2.05, 4.69) is 34.8 Å². The lowest BCUT2D eigenvalue weighted by Crippen LogP contribution is -2.48. The topological polar surface area (TPSA) is 74.8 Å². The Morgan fingerprint density at radius 3 is 2.45 bits per heavy atom. The van der Waals surface area contributed by atoms with Crippen LogP contribution in [-0.2, 0) is 4.74 Å². The van der Waals surface area contributed by atoms with Gasteiger partial charge in [0, 0.05) is 20.1 Å². The zero-order valence-electron chi connectivity index (χ0n) is 13.0. The van der Waals surface area contributed by atoms with Crippen LogP contribution in [-0.4, -0.2) is 44.8 Å². The van der Waals surface area contributed by atoms with Crippen LogP contribution in [0, 0.1) is 11.8 Å². The highest BCUT2D eigenvalue weighted by Crippen LogP contribution is 2.32. The van der Waals surface area contributed by atoms with E-state index in [-0.39, 0.29) is 12.1 Å². The Morgan fingerprint density at radius 2 is 1.95 bits per heavy atom. The van der Waals surface area contributed by atoms with Gasteiger partial charge in [-0.15, -0.1) is 0 Å². The largest absolute Gasteiger partial charge is 0.450 e. The van der Waals surface area contributed by atoms with Gasteiger partial charge >= 0.3 is 6.09 Å². The third-order valence-corrected chi connectivity index (χ3v) is 3.16. The van der Waals surface area contributed by atoms with Crippen molar-refractivity contribution < 1.29 is 9.53 Å². The molecule has 1 unspecified atom stereocenters. The van der Waals surface area contributed by atoms with Gasteiger partial charge in [-0.25, -0.2) is 4.79 Å². The molecule has 0 saturated heterocycles. The second kappa shape index (κ2) is 8.66. The Kier molecular flexibility index (Phi) is 7.18. The number of hydrogen-bond acceptors (Lipinski definition) is 3. The average molecular weight is 284 g/mol. The Balaban J connectivity index is 2.35. The molecule has 6 heteroatoms. The maximum atomic E-state index is 11.5. The van der Waals surface area contributed by atoms with Crippen LogP contribution in [0.5, 0.6) is 0 Å². The minimum Gasteiger partial charge on any atom is -0.450 e. The van der Waals surface area contributed by atoms with Gasteiger partial charge in [0.2, 0.25) is 0 Å². The minimum atomic E-state index is -0.337. The van der Waals surface area contributed by atoms with Gasteiger partial charge in [-0.3, -0.25) is 4.99 Å². The SMILES string of the molecule is CCOC(=O)NC(CNC(=NC)NCC(C)C)C1CC1. The van der Waals surface area contributed by atoms with E-state index in [0.717, 1.165) is 25.3 Å². The molecule has 1 fully saturated rings. The van der Waals surface area contributed by atoms with Gasteiger partial charge in [-0.1, -0.05) is 13.8 Å². The van der Waals surface area contributed by atoms with Crippen LogP contribution >= 0.6 is 0 Å². The second-order valence-electron chi connectivity index (χ2n) is 5.54. The van der Waals surface area contributed by atoms with Crippen molar-refractivity contribution in [2.24, 2.45) is 16.8 Å². The zero-order chi connectivity index (χ0) is 15.0. The predicted octanol–water partition coefficient (Wildman–Crippen LogP) is 1.33. The lowest BCUT2D eigenvalue weighted by atomic mass is 10.2. The molecular formula is C14H28N4O2. The second-order valence-corrected chi connectivity index (χ2v) is 5.54. The number of amides is 1. The van der Waals surface area contributed by atoms with Crippen molar-refractivity contribution in [1.82, 2.24) is 16.0 Å². The molecule has 3 N–H and O–H groups in total. The van der Waals surface area contributed by atoms with Crippen LogP contribution in [0.2, 0.25) is 0 Å². The molecule has 0 aromatic rings. The summed E-state index contributed by atoms with van der Waals surface area (Å²) in [7, 11) is 1.75. The van der Waals surface area contributed by atoms with Crippen LogP contribution < -0.4 is 16.0 Å². The lowest BCUT2D eigenvalue weighted by Gasteiger charge is -2.20. The van der Waals surface area contributed by atoms with Gasteiger partial charge in [-0.2, -0.15) is 0 Å². The third-order valence-electron chi connectivity index (χ3n) is 3.16. The number of carbonyl (C=O) groups is 1. The van der Waals surface area contributed by atoms with E-state index in [4.69, 9.17) is 4.74 Å². The number of guanidine groups is 1. The van der Waals surface area contributed by atoms with E-state index in [1.54, 1.807) is 7.05 Å². The van der Waals surface area contributed by atoms with Gasteiger partial charge in [0.1, 0.15) is 0 Å². The number of nitrogens with zero attached hydrogens (tertiary/aromatic N) is 1. The molecule has 1 atom stereocenters. The Bertz CT molecular complexity index is 327. The molecule has 116 valence electrons. The molecule has 0 aromatic heterocycles. The van der Waals surface area contributed by atoms with Gasteiger partial charge < -0.3 is 20.7 Å². The fourth-order valence-corrected chi connectivity index (χ4v) is 1.89. The molecular weight excluding hydrogens is 256 g/mol. The molecule has 1 rings (SSSR count). The highest BCUT2D eigenvalue weighted by Gasteiger charge is 2.32. The minimum absolute atomic E-state index is 0.103. The van der Waals surface area contributed by atoms with Crippen molar-refractivity contribution in [3.05, 3.63) is 0 Å². The molecule has 0 spiro atoms. The third kappa shape index (κ3) is 6.63. The monoisotopic (exact) mass is 284 g/mol. The fourth-order valence-electron chi connectivity index (χ4n) is 1.89. The maximum absolute atomic E-state index is 11.5. The summed E-state index contributed by atoms with van der Waals surface area (Å²) in [5.41, 5.74) is 0. The van der Waals surface area contributed by atoms with E-state index in [9.17, 15) is 4.79 Å². The highest BCUT2D eigenvalue weighted by molar-refractivity contribution is 5.79. The van der Waals surface area contributed by atoms with Gasteiger partial charge in [0.15, 0.2) is 5.96 Å². The quantitative estimate of drug-likeness (QED) is 0.487. The normalized spacial score (nSPS) is 16.8. The van der Waals surface area contributed by atoms with Crippen LogP contribution in [0.25, 0.3) is 0 Å². The predicted molar refractivity (Wildman–Crippen MR) is 80.9 cm³/mol. The number of rotatable bonds is 7. The molecule has 20 heavy (non-hydrogen) atoms. The van der Waals surface area contributed by atoms with E-state index in [0.29, 0.717) is 25.0 Å². The van der Waals surface area contributed by atoms with Crippen LogP contribution in [0.15, 0.2) is 4.99 Å². The summed E-state index contributed by atoms with van der Waals surface area (Å²) in [5, 5.41) is 9.44. The van der Waals surface area contributed by atoms with Crippen molar-refractivity contribution >= 4 is 12.1 Å². The summed E-state index contributed by atoms with van der Waals surface area (Å²) < 4.78 is 4.94. The summed E-state index contributed by atoms with van der Waals surface area (Å²) in [6, 6.07) is 0.103. The number of alkyl carbamates (subject to hydrolysis) is 1. The summed E-state index contributed by atoms with van der Waals surface area (Å²) in [6.45, 7) is 8.04. The zero-order valence-corrected chi connectivity index (χ0v) is 13.0. The van der Waals surface area contributed by atoms with Crippen LogP contribution in [0.3, 0.4) is 0 Å². The molecule has 0 bridgehead atoms. The highest BCUT2D eigenvalue weighted by atomic mass is 16.5. The first-order chi connectivity index (χ1) is 9.56. The van der Waals surface area contributed by atoms with Crippen molar-refractivity contribution in [2.75, 3.05) is 26.7 Å². The van der Waals surface area contributed by atoms with Crippen LogP contribution in [0.4, 0.5) is 4.79 Å². The average Bonchev–Trinajstić information content (AvgIpc) is 3.21. The van der Waals surface area contributed by atoms with E-state index >= 15 is 0 Å². The number of carbonyl (C=O) groups excluding carboxylic acids is 1. The van der Waals surface area contributed by atoms with Crippen molar-refractivity contribution in [1.29, 1.82) is 0 Å². The molecule has 0 heterocycles. The van der Waals surface area contributed by atoms with Gasteiger partial charge in [0.05, 0.1) is 12.6 Å². The van der Waals surface area contributed by atoms with Crippen molar-refractivity contribution in [3.8, 4) is 0 Å². The smallest absolute Gasteiger partial charge is 0.407 e. The van der Waals surface area contributed by atoms with E-state index in [1.807, 2.05) is 6.92 Å². The fraction of sp³-hybridized carbons (Fsp3) is 0.857. The molecule has 1 amide bonds. The summed E-state index contributed by atoms with van der Waals surface area (Å²) in [5.74, 6) is 1.88. The van der Waals surface area contributed by atoms with Gasteiger partial charge in [-0.05, 0) is 31.6 Å². The summed E-state index contributed by atoms with van der Waals surface area (Å²) >= 11 is 0. The molecule has 0 aliphatic heterocycles. The number of ether oxygens (including phenoxy) is 1. The molecule has 1 aliphatic carbocycles. The Hall–Kier alpha value is -1.46. The van der Waals surface area contributed by atoms with Crippen molar-refractivity contribution in [3.63, 3.8) is 0 Å². The molecule has 0 aromatic carbocycles. The van der Waals surface area contributed by atoms with Crippen molar-refractivity contribution in [2.45, 2.75) is 39.7 Å². The number of nitrogens with one attached hydrogen (secondary N) is 3. The lowest BCUT2D eigenvalue weighted by molar-refractivity contribution is 0.146. The molecule has 0 radical (unpaired) electrons. The molecule has 6 nitrogen and oxygen atoms in total. The van der Waals surface area contributed by atoms with E-state index < -0.39 is 0 Å². The maximum Gasteiger partial charge on any atom is 0.407 e. The molecule has 1 aliphatic rings. The standard InChI is InChI=1S/C14H28N4O2/c1-5-20-14(19)18-12(11-6-7-11)9-17-13(15-4)16-8-10(2)3/h10-12H,5-9H2,1-4H3,(H,18,19)(H2,15,16,17). The summed E-state index contributed by atoms with van der Waals surface area (Å²) in [6.07, 6.45) is 1.99. The Labute approximate surface area is 121 Å². The van der Waals surface area contributed by atoms with Gasteiger partial charge in [0.25, 0.3) is 0 Å². The molecule has 1 saturated carbocycles. The first kappa shape index (κ1) is 16.6. The number of hydrogen-bond donors (Lipinski definition) is 3. The first-order valence-corrected chi connectivity index (χ1v) is 7.44. The van der Waals surface area contributed by atoms with Crippen LogP contribution in [0.1, 0.15) is 33.6 Å². The van der Waals surface area contributed by atoms with E-state index in [1.165, 1.54) is 0 Å². The summed E-state index contributed by atoms with van der Waals surface area (Å²) in [4.78, 5) is 15.7. The number of aliphatic imine (C=N–C) groups is 1. The first-order valence-electron chi connectivity index (χ1n) is 7.44.